The molecule has 0 radical (unpaired) electrons. The fourth-order valence-corrected chi connectivity index (χ4v) is 0.952. The summed E-state index contributed by atoms with van der Waals surface area (Å²) in [6.45, 7) is 4.42. The molecule has 72 valence electrons. The summed E-state index contributed by atoms with van der Waals surface area (Å²) in [5, 5.41) is 18.7. The van der Waals surface area contributed by atoms with E-state index in [1.165, 1.54) is 13.8 Å². The van der Waals surface area contributed by atoms with Gasteiger partial charge in [-0.05, 0) is 13.3 Å². The molecule has 0 bridgehead atoms. The topological polar surface area (TPSA) is 66.8 Å². The van der Waals surface area contributed by atoms with Gasteiger partial charge in [-0.1, -0.05) is 6.92 Å². The fraction of sp³-hybridized carbons (Fsp3) is 0.875. The van der Waals surface area contributed by atoms with E-state index in [9.17, 15) is 9.90 Å². The van der Waals surface area contributed by atoms with E-state index in [4.69, 9.17) is 5.11 Å². The van der Waals surface area contributed by atoms with Crippen molar-refractivity contribution in [3.63, 3.8) is 0 Å². The summed E-state index contributed by atoms with van der Waals surface area (Å²) >= 11 is 0. The Hall–Kier alpha value is -0.610. The molecule has 0 fully saturated rings. The van der Waals surface area contributed by atoms with Crippen molar-refractivity contribution in [2.24, 2.45) is 0 Å². The lowest BCUT2D eigenvalue weighted by molar-refractivity contribution is -0.245. The van der Waals surface area contributed by atoms with Crippen LogP contribution in [-0.2, 0) is 9.53 Å². The maximum Gasteiger partial charge on any atom is 0.305 e. The lowest BCUT2D eigenvalue weighted by atomic mass is 10.1. The highest BCUT2D eigenvalue weighted by atomic mass is 16.7. The van der Waals surface area contributed by atoms with Crippen molar-refractivity contribution < 1.29 is 19.7 Å². The minimum atomic E-state index is -1.72. The van der Waals surface area contributed by atoms with Crippen molar-refractivity contribution in [3.8, 4) is 0 Å². The largest absolute Gasteiger partial charge is 0.431 e. The molecule has 0 saturated carbocycles. The molecule has 0 aliphatic rings. The molecule has 0 heterocycles. The number of carbonyl (C=O) groups excluding carboxylic acids is 1. The van der Waals surface area contributed by atoms with Crippen molar-refractivity contribution in [2.75, 3.05) is 0 Å². The summed E-state index contributed by atoms with van der Waals surface area (Å²) in [5.74, 6) is -2.31. The molecular weight excluding hydrogens is 160 g/mol. The number of aliphatic hydroxyl groups excluding tert-OH is 1. The Morgan fingerprint density at radius 2 is 2.17 bits per heavy atom. The highest BCUT2D eigenvalue weighted by Gasteiger charge is 2.35. The first kappa shape index (κ1) is 11.4. The van der Waals surface area contributed by atoms with Crippen molar-refractivity contribution >= 4 is 5.97 Å². The quantitative estimate of drug-likeness (QED) is 0.481. The Morgan fingerprint density at radius 1 is 1.67 bits per heavy atom. The Bertz CT molecular complexity index is 155. The molecule has 0 rings (SSSR count). The van der Waals surface area contributed by atoms with Crippen molar-refractivity contribution in [1.82, 2.24) is 0 Å². The second kappa shape index (κ2) is 4.42. The summed E-state index contributed by atoms with van der Waals surface area (Å²) in [6.07, 6.45) is -0.194. The molecular formula is C8H16O4. The molecule has 2 atom stereocenters. The smallest absolute Gasteiger partial charge is 0.305 e. The molecule has 2 unspecified atom stereocenters. The zero-order valence-corrected chi connectivity index (χ0v) is 7.70. The summed E-state index contributed by atoms with van der Waals surface area (Å²) in [6, 6.07) is 0. The van der Waals surface area contributed by atoms with Crippen LogP contribution in [0.1, 0.15) is 33.6 Å². The first-order valence-electron chi connectivity index (χ1n) is 4.02. The van der Waals surface area contributed by atoms with E-state index in [1.54, 1.807) is 0 Å². The molecule has 4 nitrogen and oxygen atoms in total. The van der Waals surface area contributed by atoms with Gasteiger partial charge in [-0.3, -0.25) is 4.79 Å². The van der Waals surface area contributed by atoms with E-state index in [2.05, 4.69) is 4.74 Å². The van der Waals surface area contributed by atoms with E-state index < -0.39 is 17.9 Å². The predicted octanol–water partition coefficient (Wildman–Crippen LogP) is 0.419. The SMILES string of the molecule is CCCC(O)(OC(C)=O)C(C)O. The molecule has 0 aromatic heterocycles. The number of rotatable bonds is 4. The third kappa shape index (κ3) is 3.19. The van der Waals surface area contributed by atoms with E-state index in [0.29, 0.717) is 6.42 Å². The number of ether oxygens (including phenoxy) is 1. The van der Waals surface area contributed by atoms with E-state index >= 15 is 0 Å². The Balaban J connectivity index is 4.28. The highest BCUT2D eigenvalue weighted by Crippen LogP contribution is 2.19. The van der Waals surface area contributed by atoms with Crippen LogP contribution >= 0.6 is 0 Å². The molecule has 0 aromatic carbocycles. The third-order valence-electron chi connectivity index (χ3n) is 1.58. The van der Waals surface area contributed by atoms with Crippen LogP contribution < -0.4 is 0 Å². The highest BCUT2D eigenvalue weighted by molar-refractivity contribution is 5.66. The average Bonchev–Trinajstić information content (AvgIpc) is 1.85. The first-order valence-corrected chi connectivity index (χ1v) is 4.02. The lowest BCUT2D eigenvalue weighted by Gasteiger charge is -2.29. The zero-order chi connectivity index (χ0) is 9.78. The number of hydrogen-bond acceptors (Lipinski definition) is 4. The van der Waals surface area contributed by atoms with Crippen LogP contribution in [0.15, 0.2) is 0 Å². The predicted molar refractivity (Wildman–Crippen MR) is 43.3 cm³/mol. The van der Waals surface area contributed by atoms with E-state index in [1.807, 2.05) is 6.92 Å². The molecule has 0 amide bonds. The maximum absolute atomic E-state index is 10.5. The van der Waals surface area contributed by atoms with Crippen LogP contribution in [0.2, 0.25) is 0 Å². The summed E-state index contributed by atoms with van der Waals surface area (Å²) in [4.78, 5) is 10.5. The summed E-state index contributed by atoms with van der Waals surface area (Å²) in [5.41, 5.74) is 0. The molecule has 0 spiro atoms. The lowest BCUT2D eigenvalue weighted by Crippen LogP contribution is -2.44. The Kier molecular flexibility index (Phi) is 4.20. The van der Waals surface area contributed by atoms with Gasteiger partial charge in [-0.25, -0.2) is 0 Å². The second-order valence-corrected chi connectivity index (χ2v) is 2.86. The van der Waals surface area contributed by atoms with Gasteiger partial charge in [0.1, 0.15) is 6.10 Å². The zero-order valence-electron chi connectivity index (χ0n) is 7.70. The van der Waals surface area contributed by atoms with Gasteiger partial charge < -0.3 is 14.9 Å². The number of hydrogen-bond donors (Lipinski definition) is 2. The molecule has 0 aliphatic carbocycles. The minimum Gasteiger partial charge on any atom is -0.431 e. The summed E-state index contributed by atoms with van der Waals surface area (Å²) < 4.78 is 4.61. The van der Waals surface area contributed by atoms with Crippen LogP contribution in [0, 0.1) is 0 Å². The summed E-state index contributed by atoms with van der Waals surface area (Å²) in [7, 11) is 0. The Morgan fingerprint density at radius 3 is 2.42 bits per heavy atom. The number of aliphatic hydroxyl groups is 2. The van der Waals surface area contributed by atoms with Gasteiger partial charge in [0, 0.05) is 13.3 Å². The second-order valence-electron chi connectivity index (χ2n) is 2.86. The normalized spacial score (nSPS) is 18.1. The van der Waals surface area contributed by atoms with Gasteiger partial charge in [0.25, 0.3) is 0 Å². The third-order valence-corrected chi connectivity index (χ3v) is 1.58. The van der Waals surface area contributed by atoms with Crippen molar-refractivity contribution in [1.29, 1.82) is 0 Å². The average molecular weight is 176 g/mol. The molecule has 0 aromatic rings. The fourth-order valence-electron chi connectivity index (χ4n) is 0.952. The Labute approximate surface area is 72.2 Å². The molecule has 4 heteroatoms. The first-order chi connectivity index (χ1) is 5.42. The van der Waals surface area contributed by atoms with Crippen molar-refractivity contribution in [2.45, 2.75) is 45.5 Å². The van der Waals surface area contributed by atoms with Crippen LogP contribution in [-0.4, -0.2) is 28.1 Å². The van der Waals surface area contributed by atoms with Crippen LogP contribution in [0.4, 0.5) is 0 Å². The van der Waals surface area contributed by atoms with Crippen LogP contribution in [0.5, 0.6) is 0 Å². The van der Waals surface area contributed by atoms with Gasteiger partial charge in [-0.2, -0.15) is 0 Å². The van der Waals surface area contributed by atoms with Crippen LogP contribution in [0.3, 0.4) is 0 Å². The van der Waals surface area contributed by atoms with Gasteiger partial charge in [-0.15, -0.1) is 0 Å². The molecule has 0 aliphatic heterocycles. The van der Waals surface area contributed by atoms with Crippen molar-refractivity contribution in [3.05, 3.63) is 0 Å². The molecule has 2 N–H and O–H groups in total. The molecule has 12 heavy (non-hydrogen) atoms. The van der Waals surface area contributed by atoms with Gasteiger partial charge in [0.2, 0.25) is 5.79 Å². The van der Waals surface area contributed by atoms with E-state index in [0.717, 1.165) is 0 Å². The maximum atomic E-state index is 10.5. The van der Waals surface area contributed by atoms with Crippen LogP contribution in [0.25, 0.3) is 0 Å². The number of carbonyl (C=O) groups is 1. The molecule has 0 saturated heterocycles. The van der Waals surface area contributed by atoms with Gasteiger partial charge in [0.15, 0.2) is 0 Å². The van der Waals surface area contributed by atoms with E-state index in [-0.39, 0.29) is 6.42 Å². The van der Waals surface area contributed by atoms with Gasteiger partial charge in [0.05, 0.1) is 0 Å². The monoisotopic (exact) mass is 176 g/mol. The van der Waals surface area contributed by atoms with Gasteiger partial charge >= 0.3 is 5.97 Å². The number of esters is 1. The standard InChI is InChI=1S/C8H16O4/c1-4-5-8(11,6(2)9)12-7(3)10/h6,9,11H,4-5H2,1-3H3. The minimum absolute atomic E-state index is 0.240.